The van der Waals surface area contributed by atoms with Gasteiger partial charge in [0.05, 0.1) is 6.61 Å². The Morgan fingerprint density at radius 1 is 1.24 bits per heavy atom. The van der Waals surface area contributed by atoms with Crippen LogP contribution in [0.15, 0.2) is 28.8 Å². The van der Waals surface area contributed by atoms with Gasteiger partial charge in [-0.1, -0.05) is 17.3 Å². The number of hydroxylamine groups is 1. The van der Waals surface area contributed by atoms with Crippen LogP contribution in [0.2, 0.25) is 0 Å². The maximum atomic E-state index is 12.4. The smallest absolute Gasteiger partial charge is 0.352 e. The first-order valence-electron chi connectivity index (χ1n) is 7.56. The van der Waals surface area contributed by atoms with Crippen LogP contribution in [0.1, 0.15) is 29.6 Å². The van der Waals surface area contributed by atoms with Crippen LogP contribution in [0.4, 0.5) is 13.2 Å². The van der Waals surface area contributed by atoms with Gasteiger partial charge in [-0.05, 0) is 25.5 Å². The molecule has 0 fully saturated rings. The summed E-state index contributed by atoms with van der Waals surface area (Å²) in [7, 11) is 0. The number of nitrogens with one attached hydrogen (secondary N) is 2. The van der Waals surface area contributed by atoms with E-state index in [1.165, 1.54) is 24.3 Å². The molecule has 0 unspecified atom stereocenters. The third-order valence-corrected chi connectivity index (χ3v) is 3.06. The molecule has 0 saturated heterocycles. The second-order valence-corrected chi connectivity index (χ2v) is 4.94. The molecule has 1 aromatic heterocycles. The number of amides is 1. The van der Waals surface area contributed by atoms with Crippen LogP contribution >= 0.6 is 0 Å². The van der Waals surface area contributed by atoms with Crippen LogP contribution < -0.4 is 10.8 Å². The second-order valence-electron chi connectivity index (χ2n) is 4.94. The molecule has 136 valence electrons. The van der Waals surface area contributed by atoms with Gasteiger partial charge in [0.1, 0.15) is 0 Å². The monoisotopic (exact) mass is 358 g/mol. The first kappa shape index (κ1) is 18.9. The summed E-state index contributed by atoms with van der Waals surface area (Å²) in [4.78, 5) is 20.2. The number of carbonyl (C=O) groups is 1. The zero-order valence-corrected chi connectivity index (χ0v) is 13.4. The van der Waals surface area contributed by atoms with Crippen molar-refractivity contribution in [2.75, 3.05) is 19.7 Å². The van der Waals surface area contributed by atoms with Gasteiger partial charge >= 0.3 is 12.1 Å². The Balaban J connectivity index is 1.89. The van der Waals surface area contributed by atoms with Gasteiger partial charge in [0.2, 0.25) is 5.82 Å². The number of nitrogens with zero attached hydrogens (tertiary/aromatic N) is 2. The van der Waals surface area contributed by atoms with Gasteiger partial charge in [-0.3, -0.25) is 4.79 Å². The minimum absolute atomic E-state index is 0.193. The fourth-order valence-corrected chi connectivity index (χ4v) is 1.87. The highest BCUT2D eigenvalue weighted by Crippen LogP contribution is 2.29. The molecule has 0 aliphatic heterocycles. The Kier molecular flexibility index (Phi) is 6.48. The molecule has 7 nitrogen and oxygen atoms in total. The van der Waals surface area contributed by atoms with Crippen LogP contribution in [0.5, 0.6) is 0 Å². The summed E-state index contributed by atoms with van der Waals surface area (Å²) >= 11 is 0. The molecule has 0 bridgehead atoms. The number of halogens is 3. The normalized spacial score (nSPS) is 11.5. The number of aromatic nitrogens is 2. The molecule has 0 atom stereocenters. The Morgan fingerprint density at radius 3 is 2.56 bits per heavy atom. The van der Waals surface area contributed by atoms with Crippen molar-refractivity contribution in [3.05, 3.63) is 35.7 Å². The number of hydrogen-bond acceptors (Lipinski definition) is 6. The fraction of sp³-hybridized carbons (Fsp3) is 0.400. The van der Waals surface area contributed by atoms with Gasteiger partial charge < -0.3 is 14.7 Å². The maximum Gasteiger partial charge on any atom is 0.471 e. The van der Waals surface area contributed by atoms with Crippen molar-refractivity contribution in [3.63, 3.8) is 0 Å². The summed E-state index contributed by atoms with van der Waals surface area (Å²) in [5, 5.41) is 6.01. The fourth-order valence-electron chi connectivity index (χ4n) is 1.87. The zero-order valence-electron chi connectivity index (χ0n) is 13.4. The number of hydrogen-bond donors (Lipinski definition) is 2. The molecule has 1 heterocycles. The third kappa shape index (κ3) is 5.54. The molecule has 25 heavy (non-hydrogen) atoms. The number of benzene rings is 1. The van der Waals surface area contributed by atoms with E-state index in [1.807, 2.05) is 6.92 Å². The Labute approximate surface area is 141 Å². The van der Waals surface area contributed by atoms with Crippen LogP contribution in [-0.2, 0) is 11.0 Å². The lowest BCUT2D eigenvalue weighted by molar-refractivity contribution is -0.159. The second kappa shape index (κ2) is 8.58. The molecule has 0 spiro atoms. The third-order valence-electron chi connectivity index (χ3n) is 3.06. The van der Waals surface area contributed by atoms with Gasteiger partial charge in [0.15, 0.2) is 0 Å². The Bertz CT molecular complexity index is 686. The van der Waals surface area contributed by atoms with Gasteiger partial charge in [-0.15, -0.1) is 0 Å². The number of carbonyl (C=O) groups excluding carboxylic acids is 1. The Morgan fingerprint density at radius 2 is 1.96 bits per heavy atom. The van der Waals surface area contributed by atoms with Crippen molar-refractivity contribution in [3.8, 4) is 11.4 Å². The number of rotatable bonds is 8. The van der Waals surface area contributed by atoms with Crippen LogP contribution in [0.3, 0.4) is 0 Å². The molecular weight excluding hydrogens is 341 g/mol. The van der Waals surface area contributed by atoms with E-state index in [2.05, 4.69) is 25.5 Å². The number of alkyl halides is 3. The lowest BCUT2D eigenvalue weighted by Crippen LogP contribution is -2.27. The summed E-state index contributed by atoms with van der Waals surface area (Å²) < 4.78 is 41.5. The molecule has 0 saturated carbocycles. The lowest BCUT2D eigenvalue weighted by atomic mass is 10.1. The van der Waals surface area contributed by atoms with Crippen LogP contribution in [0.25, 0.3) is 11.4 Å². The highest BCUT2D eigenvalue weighted by Gasteiger charge is 2.38. The van der Waals surface area contributed by atoms with Crippen molar-refractivity contribution in [1.29, 1.82) is 0 Å². The van der Waals surface area contributed by atoms with Crippen molar-refractivity contribution in [1.82, 2.24) is 20.9 Å². The van der Waals surface area contributed by atoms with Crippen molar-refractivity contribution < 1.29 is 27.3 Å². The van der Waals surface area contributed by atoms with Gasteiger partial charge in [0, 0.05) is 24.2 Å². The molecule has 1 amide bonds. The van der Waals surface area contributed by atoms with E-state index in [4.69, 9.17) is 4.84 Å². The van der Waals surface area contributed by atoms with E-state index in [1.54, 1.807) is 0 Å². The molecule has 0 radical (unpaired) electrons. The predicted molar refractivity (Wildman–Crippen MR) is 81.3 cm³/mol. The molecular formula is C15H17F3N4O3. The van der Waals surface area contributed by atoms with Gasteiger partial charge in [0.25, 0.3) is 5.91 Å². The molecule has 0 aliphatic carbocycles. The summed E-state index contributed by atoms with van der Waals surface area (Å²) in [6, 6.07) is 5.87. The first-order chi connectivity index (χ1) is 11.9. The SMILES string of the molecule is CCONCCCNC(=O)c1ccc(-c2noc(C(F)(F)F)n2)cc1. The molecule has 2 N–H and O–H groups in total. The van der Waals surface area contributed by atoms with E-state index >= 15 is 0 Å². The molecule has 0 aliphatic rings. The Hall–Kier alpha value is -2.46. The van der Waals surface area contributed by atoms with Crippen molar-refractivity contribution in [2.45, 2.75) is 19.5 Å². The highest BCUT2D eigenvalue weighted by atomic mass is 19.4. The van der Waals surface area contributed by atoms with Crippen LogP contribution in [0, 0.1) is 0 Å². The van der Waals surface area contributed by atoms with Crippen LogP contribution in [-0.4, -0.2) is 35.7 Å². The van der Waals surface area contributed by atoms with E-state index in [9.17, 15) is 18.0 Å². The minimum atomic E-state index is -4.69. The van der Waals surface area contributed by atoms with Gasteiger partial charge in [-0.2, -0.15) is 18.2 Å². The quantitative estimate of drug-likeness (QED) is 0.556. The van der Waals surface area contributed by atoms with E-state index in [0.29, 0.717) is 37.2 Å². The van der Waals surface area contributed by atoms with Crippen molar-refractivity contribution in [2.24, 2.45) is 0 Å². The molecule has 1 aromatic carbocycles. The summed E-state index contributed by atoms with van der Waals surface area (Å²) in [6.45, 7) is 3.48. The average Bonchev–Trinajstić information content (AvgIpc) is 3.08. The largest absolute Gasteiger partial charge is 0.471 e. The maximum absolute atomic E-state index is 12.4. The zero-order chi connectivity index (χ0) is 18.3. The summed E-state index contributed by atoms with van der Waals surface area (Å²) in [5.41, 5.74) is 3.42. The van der Waals surface area contributed by atoms with E-state index in [-0.39, 0.29) is 11.7 Å². The highest BCUT2D eigenvalue weighted by molar-refractivity contribution is 5.94. The van der Waals surface area contributed by atoms with E-state index in [0.717, 1.165) is 0 Å². The standard InChI is InChI=1S/C15H17F3N4O3/c1-2-24-20-9-3-8-19-13(23)11-6-4-10(5-7-11)12-21-14(25-22-12)15(16,17)18/h4-7,20H,2-3,8-9H2,1H3,(H,19,23). The topological polar surface area (TPSA) is 89.3 Å². The molecule has 2 aromatic rings. The minimum Gasteiger partial charge on any atom is -0.352 e. The van der Waals surface area contributed by atoms with Gasteiger partial charge in [-0.25, -0.2) is 5.48 Å². The lowest BCUT2D eigenvalue weighted by Gasteiger charge is -2.06. The molecule has 2 rings (SSSR count). The average molecular weight is 358 g/mol. The summed E-state index contributed by atoms with van der Waals surface area (Å²) in [6.07, 6.45) is -4.00. The van der Waals surface area contributed by atoms with Crippen molar-refractivity contribution >= 4 is 5.91 Å². The van der Waals surface area contributed by atoms with E-state index < -0.39 is 12.1 Å². The summed E-state index contributed by atoms with van der Waals surface area (Å²) in [5.74, 6) is -1.89. The first-order valence-corrected chi connectivity index (χ1v) is 7.56. The molecule has 10 heteroatoms. The predicted octanol–water partition coefficient (Wildman–Crippen LogP) is 2.42.